The monoisotopic (exact) mass is 262 g/mol. The van der Waals surface area contributed by atoms with E-state index in [2.05, 4.69) is 10.3 Å². The summed E-state index contributed by atoms with van der Waals surface area (Å²) >= 11 is 6.16. The summed E-state index contributed by atoms with van der Waals surface area (Å²) in [5.41, 5.74) is 1.81. The SMILES string of the molecule is O[C@H]1CCC[C@@H]1Nc1ccc(Cl)c2cccnc12. The highest BCUT2D eigenvalue weighted by atomic mass is 35.5. The van der Waals surface area contributed by atoms with E-state index in [9.17, 15) is 5.11 Å². The van der Waals surface area contributed by atoms with E-state index < -0.39 is 0 Å². The Morgan fingerprint density at radius 1 is 1.28 bits per heavy atom. The van der Waals surface area contributed by atoms with Crippen molar-refractivity contribution < 1.29 is 5.11 Å². The van der Waals surface area contributed by atoms with Gasteiger partial charge in [0.25, 0.3) is 0 Å². The first-order valence-corrected chi connectivity index (χ1v) is 6.61. The summed E-state index contributed by atoms with van der Waals surface area (Å²) < 4.78 is 0. The normalized spacial score (nSPS) is 23.4. The number of aromatic nitrogens is 1. The van der Waals surface area contributed by atoms with E-state index in [1.807, 2.05) is 24.3 Å². The number of benzene rings is 1. The summed E-state index contributed by atoms with van der Waals surface area (Å²) in [6.45, 7) is 0. The zero-order valence-electron chi connectivity index (χ0n) is 9.94. The molecule has 0 bridgehead atoms. The van der Waals surface area contributed by atoms with Gasteiger partial charge in [0.15, 0.2) is 0 Å². The van der Waals surface area contributed by atoms with Gasteiger partial charge in [0.2, 0.25) is 0 Å². The van der Waals surface area contributed by atoms with Crippen LogP contribution in [0, 0.1) is 0 Å². The van der Waals surface area contributed by atoms with Gasteiger partial charge in [-0.05, 0) is 43.5 Å². The number of nitrogens with zero attached hydrogens (tertiary/aromatic N) is 1. The molecular formula is C14H15ClN2O. The Balaban J connectivity index is 1.99. The molecule has 0 unspecified atom stereocenters. The zero-order chi connectivity index (χ0) is 12.5. The van der Waals surface area contributed by atoms with Crippen molar-refractivity contribution in [2.45, 2.75) is 31.4 Å². The Labute approximate surface area is 111 Å². The Bertz CT molecular complexity index is 573. The quantitative estimate of drug-likeness (QED) is 0.874. The van der Waals surface area contributed by atoms with Gasteiger partial charge in [0, 0.05) is 11.6 Å². The second-order valence-electron chi connectivity index (χ2n) is 4.74. The summed E-state index contributed by atoms with van der Waals surface area (Å²) in [6, 6.07) is 7.76. The van der Waals surface area contributed by atoms with Gasteiger partial charge in [-0.3, -0.25) is 4.98 Å². The summed E-state index contributed by atoms with van der Waals surface area (Å²) in [5.74, 6) is 0. The molecule has 2 aromatic rings. The molecule has 1 heterocycles. The largest absolute Gasteiger partial charge is 0.391 e. The molecule has 3 nitrogen and oxygen atoms in total. The third-order valence-electron chi connectivity index (χ3n) is 3.54. The zero-order valence-corrected chi connectivity index (χ0v) is 10.7. The molecule has 1 aliphatic carbocycles. The van der Waals surface area contributed by atoms with E-state index in [1.165, 1.54) is 0 Å². The van der Waals surface area contributed by atoms with Crippen molar-refractivity contribution in [3.63, 3.8) is 0 Å². The fourth-order valence-corrected chi connectivity index (χ4v) is 2.78. The maximum absolute atomic E-state index is 9.87. The number of rotatable bonds is 2. The number of halogens is 1. The van der Waals surface area contributed by atoms with Crippen molar-refractivity contribution in [3.05, 3.63) is 35.5 Å². The number of aliphatic hydroxyl groups excluding tert-OH is 1. The lowest BCUT2D eigenvalue weighted by Crippen LogP contribution is -2.28. The van der Waals surface area contributed by atoms with Crippen LogP contribution in [-0.4, -0.2) is 22.2 Å². The smallest absolute Gasteiger partial charge is 0.0948 e. The van der Waals surface area contributed by atoms with Crippen molar-refractivity contribution in [1.29, 1.82) is 0 Å². The lowest BCUT2D eigenvalue weighted by Gasteiger charge is -2.19. The molecule has 0 aliphatic heterocycles. The van der Waals surface area contributed by atoms with Crippen LogP contribution in [0.25, 0.3) is 10.9 Å². The van der Waals surface area contributed by atoms with Gasteiger partial charge < -0.3 is 10.4 Å². The molecule has 2 N–H and O–H groups in total. The highest BCUT2D eigenvalue weighted by Crippen LogP contribution is 2.30. The molecule has 1 aromatic heterocycles. The molecular weight excluding hydrogens is 248 g/mol. The van der Waals surface area contributed by atoms with E-state index in [0.717, 1.165) is 35.9 Å². The number of fused-ring (bicyclic) bond motifs is 1. The predicted molar refractivity (Wildman–Crippen MR) is 74.0 cm³/mol. The Kier molecular flexibility index (Phi) is 3.10. The molecule has 2 atom stereocenters. The summed E-state index contributed by atoms with van der Waals surface area (Å²) in [4.78, 5) is 4.38. The second kappa shape index (κ2) is 4.75. The Morgan fingerprint density at radius 2 is 2.17 bits per heavy atom. The molecule has 18 heavy (non-hydrogen) atoms. The molecule has 1 aliphatic rings. The fraction of sp³-hybridized carbons (Fsp3) is 0.357. The minimum absolute atomic E-state index is 0.122. The third kappa shape index (κ3) is 2.04. The van der Waals surface area contributed by atoms with Crippen LogP contribution in [0.1, 0.15) is 19.3 Å². The first-order chi connectivity index (χ1) is 8.75. The van der Waals surface area contributed by atoms with Gasteiger partial charge >= 0.3 is 0 Å². The molecule has 3 rings (SSSR count). The van der Waals surface area contributed by atoms with E-state index in [0.29, 0.717) is 5.02 Å². The summed E-state index contributed by atoms with van der Waals surface area (Å²) in [6.07, 6.45) is 4.43. The van der Waals surface area contributed by atoms with Crippen LogP contribution >= 0.6 is 11.6 Å². The molecule has 94 valence electrons. The van der Waals surface area contributed by atoms with Crippen LogP contribution < -0.4 is 5.32 Å². The minimum atomic E-state index is -0.264. The van der Waals surface area contributed by atoms with Crippen LogP contribution in [0.4, 0.5) is 5.69 Å². The van der Waals surface area contributed by atoms with E-state index >= 15 is 0 Å². The number of anilines is 1. The second-order valence-corrected chi connectivity index (χ2v) is 5.15. The molecule has 1 aromatic carbocycles. The van der Waals surface area contributed by atoms with Crippen molar-refractivity contribution in [2.75, 3.05) is 5.32 Å². The van der Waals surface area contributed by atoms with Crippen molar-refractivity contribution in [2.24, 2.45) is 0 Å². The lowest BCUT2D eigenvalue weighted by atomic mass is 10.1. The van der Waals surface area contributed by atoms with Crippen molar-refractivity contribution >= 4 is 28.2 Å². The summed E-state index contributed by atoms with van der Waals surface area (Å²) in [7, 11) is 0. The molecule has 0 saturated heterocycles. The van der Waals surface area contributed by atoms with Crippen LogP contribution in [0.5, 0.6) is 0 Å². The van der Waals surface area contributed by atoms with Crippen LogP contribution in [0.15, 0.2) is 30.5 Å². The Morgan fingerprint density at radius 3 is 2.94 bits per heavy atom. The standard InChI is InChI=1S/C14H15ClN2O/c15-10-6-7-12(14-9(10)3-2-8-16-14)17-11-4-1-5-13(11)18/h2-3,6-8,11,13,17-18H,1,4-5H2/t11-,13-/m0/s1. The van der Waals surface area contributed by atoms with Gasteiger partial charge in [-0.25, -0.2) is 0 Å². The average Bonchev–Trinajstić information content (AvgIpc) is 2.79. The molecule has 4 heteroatoms. The molecule has 1 fully saturated rings. The van der Waals surface area contributed by atoms with E-state index in [-0.39, 0.29) is 12.1 Å². The number of aliphatic hydroxyl groups is 1. The number of pyridine rings is 1. The molecule has 0 spiro atoms. The maximum Gasteiger partial charge on any atom is 0.0948 e. The third-order valence-corrected chi connectivity index (χ3v) is 3.87. The van der Waals surface area contributed by atoms with E-state index in [4.69, 9.17) is 11.6 Å². The number of nitrogens with one attached hydrogen (secondary N) is 1. The van der Waals surface area contributed by atoms with Crippen LogP contribution in [0.3, 0.4) is 0 Å². The van der Waals surface area contributed by atoms with Crippen LogP contribution in [-0.2, 0) is 0 Å². The van der Waals surface area contributed by atoms with Gasteiger partial charge in [0.05, 0.1) is 28.4 Å². The van der Waals surface area contributed by atoms with Crippen molar-refractivity contribution in [3.8, 4) is 0 Å². The Hall–Kier alpha value is -1.32. The highest BCUT2D eigenvalue weighted by molar-refractivity contribution is 6.35. The minimum Gasteiger partial charge on any atom is -0.391 e. The maximum atomic E-state index is 9.87. The summed E-state index contributed by atoms with van der Waals surface area (Å²) in [5, 5.41) is 14.9. The first-order valence-electron chi connectivity index (χ1n) is 6.23. The van der Waals surface area contributed by atoms with Gasteiger partial charge in [-0.2, -0.15) is 0 Å². The van der Waals surface area contributed by atoms with Crippen molar-refractivity contribution in [1.82, 2.24) is 4.98 Å². The van der Waals surface area contributed by atoms with Crippen LogP contribution in [0.2, 0.25) is 5.02 Å². The fourth-order valence-electron chi connectivity index (χ4n) is 2.56. The van der Waals surface area contributed by atoms with Gasteiger partial charge in [-0.1, -0.05) is 11.6 Å². The number of hydrogen-bond donors (Lipinski definition) is 2. The van der Waals surface area contributed by atoms with Gasteiger partial charge in [0.1, 0.15) is 0 Å². The average molecular weight is 263 g/mol. The first kappa shape index (κ1) is 11.8. The number of hydrogen-bond acceptors (Lipinski definition) is 3. The molecule has 0 radical (unpaired) electrons. The molecule has 1 saturated carbocycles. The molecule has 0 amide bonds. The predicted octanol–water partition coefficient (Wildman–Crippen LogP) is 3.21. The highest BCUT2D eigenvalue weighted by Gasteiger charge is 2.25. The van der Waals surface area contributed by atoms with E-state index in [1.54, 1.807) is 6.20 Å². The van der Waals surface area contributed by atoms with Gasteiger partial charge in [-0.15, -0.1) is 0 Å². The topological polar surface area (TPSA) is 45.1 Å². The lowest BCUT2D eigenvalue weighted by molar-refractivity contribution is 0.172.